The van der Waals surface area contributed by atoms with Crippen LogP contribution in [0.25, 0.3) is 0 Å². The summed E-state index contributed by atoms with van der Waals surface area (Å²) in [6.45, 7) is 10.4. The highest BCUT2D eigenvalue weighted by Crippen LogP contribution is 2.30. The third-order valence-electron chi connectivity index (χ3n) is 4.43. The molecule has 0 atom stereocenters. The zero-order valence-electron chi connectivity index (χ0n) is 13.0. The van der Waals surface area contributed by atoms with Crippen molar-refractivity contribution in [1.29, 1.82) is 0 Å². The topological polar surface area (TPSA) is 49.4 Å². The van der Waals surface area contributed by atoms with Crippen molar-refractivity contribution in [3.8, 4) is 0 Å². The van der Waals surface area contributed by atoms with Gasteiger partial charge in [-0.1, -0.05) is 33.6 Å². The molecular weight excluding hydrogens is 240 g/mol. The van der Waals surface area contributed by atoms with Crippen molar-refractivity contribution in [2.75, 3.05) is 6.54 Å². The summed E-state index contributed by atoms with van der Waals surface area (Å²) in [5, 5.41) is 2.96. The lowest BCUT2D eigenvalue weighted by atomic mass is 9.83. The van der Waals surface area contributed by atoms with Crippen LogP contribution in [-0.2, 0) is 9.59 Å². The minimum Gasteiger partial charge on any atom is -0.340 e. The number of hydrogen-bond acceptors (Lipinski definition) is 2. The highest BCUT2D eigenvalue weighted by molar-refractivity contribution is 6.01. The van der Waals surface area contributed by atoms with Gasteiger partial charge >= 0.3 is 0 Å². The van der Waals surface area contributed by atoms with Gasteiger partial charge in [0.05, 0.1) is 0 Å². The maximum absolute atomic E-state index is 12.8. The number of piperazine rings is 1. The van der Waals surface area contributed by atoms with Crippen molar-refractivity contribution in [3.63, 3.8) is 0 Å². The highest BCUT2D eigenvalue weighted by atomic mass is 16.2. The smallest absolute Gasteiger partial charge is 0.249 e. The first kappa shape index (κ1) is 16.0. The fourth-order valence-electron chi connectivity index (χ4n) is 2.69. The van der Waals surface area contributed by atoms with Gasteiger partial charge in [0.2, 0.25) is 11.8 Å². The molecule has 1 aliphatic rings. The molecule has 1 aliphatic heterocycles. The van der Waals surface area contributed by atoms with Crippen molar-refractivity contribution < 1.29 is 9.59 Å². The number of amides is 2. The molecule has 1 saturated heterocycles. The molecule has 0 aromatic carbocycles. The van der Waals surface area contributed by atoms with E-state index in [-0.39, 0.29) is 11.8 Å². The second kappa shape index (κ2) is 5.93. The van der Waals surface area contributed by atoms with Crippen LogP contribution in [0.15, 0.2) is 0 Å². The number of nitrogens with zero attached hydrogens (tertiary/aromatic N) is 1. The van der Waals surface area contributed by atoms with Crippen LogP contribution in [0.2, 0.25) is 0 Å². The molecule has 0 spiro atoms. The van der Waals surface area contributed by atoms with Crippen LogP contribution in [0.5, 0.6) is 0 Å². The lowest BCUT2D eigenvalue weighted by Gasteiger charge is -2.49. The Morgan fingerprint density at radius 2 is 1.63 bits per heavy atom. The summed E-state index contributed by atoms with van der Waals surface area (Å²) in [7, 11) is 0. The lowest BCUT2D eigenvalue weighted by molar-refractivity contribution is -0.161. The molecule has 4 heteroatoms. The molecule has 0 bridgehead atoms. The van der Waals surface area contributed by atoms with Crippen LogP contribution < -0.4 is 5.32 Å². The number of carbonyl (C=O) groups excluding carboxylic acids is 2. The fourth-order valence-corrected chi connectivity index (χ4v) is 2.69. The van der Waals surface area contributed by atoms with Crippen LogP contribution in [-0.4, -0.2) is 34.3 Å². The van der Waals surface area contributed by atoms with Gasteiger partial charge in [0.25, 0.3) is 0 Å². The van der Waals surface area contributed by atoms with Gasteiger partial charge in [-0.3, -0.25) is 9.59 Å². The second-order valence-electron chi connectivity index (χ2n) is 5.97. The molecule has 0 aromatic heterocycles. The number of unbranched alkanes of at least 4 members (excludes halogenated alkanes) is 2. The molecule has 0 aliphatic carbocycles. The van der Waals surface area contributed by atoms with Gasteiger partial charge in [-0.2, -0.15) is 0 Å². The van der Waals surface area contributed by atoms with Crippen molar-refractivity contribution in [3.05, 3.63) is 0 Å². The summed E-state index contributed by atoms with van der Waals surface area (Å²) in [6, 6.07) is 0. The Hall–Kier alpha value is -1.06. The maximum atomic E-state index is 12.8. The van der Waals surface area contributed by atoms with Crippen molar-refractivity contribution >= 4 is 11.8 Å². The van der Waals surface area contributed by atoms with Crippen LogP contribution in [0.4, 0.5) is 0 Å². The zero-order valence-corrected chi connectivity index (χ0v) is 13.0. The van der Waals surface area contributed by atoms with E-state index in [2.05, 4.69) is 12.2 Å². The third kappa shape index (κ3) is 2.77. The van der Waals surface area contributed by atoms with Crippen molar-refractivity contribution in [2.24, 2.45) is 0 Å². The van der Waals surface area contributed by atoms with Crippen molar-refractivity contribution in [2.45, 2.75) is 77.8 Å². The van der Waals surface area contributed by atoms with E-state index in [1.165, 1.54) is 0 Å². The van der Waals surface area contributed by atoms with Gasteiger partial charge in [-0.25, -0.2) is 0 Å². The summed E-state index contributed by atoms with van der Waals surface area (Å²) in [5.41, 5.74) is -1.43. The Kier molecular flexibility index (Phi) is 4.99. The van der Waals surface area contributed by atoms with E-state index in [1.807, 2.05) is 27.7 Å². The zero-order chi connectivity index (χ0) is 14.7. The van der Waals surface area contributed by atoms with E-state index >= 15 is 0 Å². The Balaban J connectivity index is 3.00. The van der Waals surface area contributed by atoms with E-state index in [0.717, 1.165) is 19.3 Å². The summed E-state index contributed by atoms with van der Waals surface area (Å²) in [6.07, 6.45) is 4.46. The first-order valence-corrected chi connectivity index (χ1v) is 7.50. The second-order valence-corrected chi connectivity index (χ2v) is 5.97. The quantitative estimate of drug-likeness (QED) is 0.752. The first-order valence-electron chi connectivity index (χ1n) is 7.50. The Bertz CT molecular complexity index is 346. The number of nitrogens with one attached hydrogen (secondary N) is 1. The molecule has 2 amide bonds. The van der Waals surface area contributed by atoms with Gasteiger partial charge in [0.1, 0.15) is 11.1 Å². The molecule has 0 aromatic rings. The SMILES string of the molecule is CCCCCN1C(=O)C(CC)(CC)NC(=O)C1(C)C. The molecule has 0 unspecified atom stereocenters. The molecule has 0 radical (unpaired) electrons. The van der Waals surface area contributed by atoms with Gasteiger partial charge < -0.3 is 10.2 Å². The van der Waals surface area contributed by atoms with E-state index in [0.29, 0.717) is 19.4 Å². The summed E-state index contributed by atoms with van der Waals surface area (Å²) >= 11 is 0. The minimum atomic E-state index is -0.737. The van der Waals surface area contributed by atoms with Gasteiger partial charge in [-0.15, -0.1) is 0 Å². The molecule has 1 rings (SSSR count). The lowest BCUT2D eigenvalue weighted by Crippen LogP contribution is -2.73. The van der Waals surface area contributed by atoms with Gasteiger partial charge in [-0.05, 0) is 33.1 Å². The van der Waals surface area contributed by atoms with E-state index in [1.54, 1.807) is 4.90 Å². The third-order valence-corrected chi connectivity index (χ3v) is 4.43. The highest BCUT2D eigenvalue weighted by Gasteiger charge is 2.52. The molecule has 19 heavy (non-hydrogen) atoms. The molecule has 4 nitrogen and oxygen atoms in total. The average Bonchev–Trinajstić information content (AvgIpc) is 2.38. The maximum Gasteiger partial charge on any atom is 0.249 e. The van der Waals surface area contributed by atoms with Crippen LogP contribution in [0.3, 0.4) is 0 Å². The van der Waals surface area contributed by atoms with Gasteiger partial charge in [0, 0.05) is 6.54 Å². The molecular formula is C15H28N2O2. The standard InChI is InChI=1S/C15H28N2O2/c1-6-9-10-11-17-13(19)15(7-2,8-3)16-12(18)14(17,4)5/h6-11H2,1-5H3,(H,16,18). The largest absolute Gasteiger partial charge is 0.340 e. The van der Waals surface area contributed by atoms with Crippen LogP contribution >= 0.6 is 0 Å². The molecule has 1 heterocycles. The van der Waals surface area contributed by atoms with Crippen LogP contribution in [0.1, 0.15) is 66.7 Å². The summed E-state index contributed by atoms with van der Waals surface area (Å²) < 4.78 is 0. The number of hydrogen-bond donors (Lipinski definition) is 1. The molecule has 110 valence electrons. The minimum absolute atomic E-state index is 0.0349. The van der Waals surface area contributed by atoms with Crippen molar-refractivity contribution in [1.82, 2.24) is 10.2 Å². The van der Waals surface area contributed by atoms with Crippen LogP contribution in [0, 0.1) is 0 Å². The predicted molar refractivity (Wildman–Crippen MR) is 76.8 cm³/mol. The normalized spacial score (nSPS) is 21.4. The first-order chi connectivity index (χ1) is 8.85. The Morgan fingerprint density at radius 1 is 1.05 bits per heavy atom. The number of rotatable bonds is 6. The molecule has 0 saturated carbocycles. The molecule has 1 N–H and O–H groups in total. The Morgan fingerprint density at radius 3 is 2.11 bits per heavy atom. The Labute approximate surface area is 116 Å². The average molecular weight is 268 g/mol. The fraction of sp³-hybridized carbons (Fsp3) is 0.867. The van der Waals surface area contributed by atoms with E-state index in [4.69, 9.17) is 0 Å². The van der Waals surface area contributed by atoms with Gasteiger partial charge in [0.15, 0.2) is 0 Å². The summed E-state index contributed by atoms with van der Waals surface area (Å²) in [5.74, 6) is 0.0468. The number of carbonyl (C=O) groups is 2. The van der Waals surface area contributed by atoms with E-state index < -0.39 is 11.1 Å². The summed E-state index contributed by atoms with van der Waals surface area (Å²) in [4.78, 5) is 26.9. The monoisotopic (exact) mass is 268 g/mol. The van der Waals surface area contributed by atoms with E-state index in [9.17, 15) is 9.59 Å². The molecule has 1 fully saturated rings. The predicted octanol–water partition coefficient (Wildman–Crippen LogP) is 2.47.